The lowest BCUT2D eigenvalue weighted by atomic mass is 9.98. The molecule has 1 amide bonds. The number of nitrogens with zero attached hydrogens (tertiary/aromatic N) is 2. The van der Waals surface area contributed by atoms with Crippen molar-refractivity contribution in [2.45, 2.75) is 62.7 Å². The summed E-state index contributed by atoms with van der Waals surface area (Å²) in [6, 6.07) is 12.0. The lowest BCUT2D eigenvalue weighted by molar-refractivity contribution is -0.126. The summed E-state index contributed by atoms with van der Waals surface area (Å²) in [6.45, 7) is 6.44. The van der Waals surface area contributed by atoms with Crippen molar-refractivity contribution in [1.29, 1.82) is 0 Å². The average molecular weight is 490 g/mol. The average Bonchev–Trinajstić information content (AvgIpc) is 3.11. The van der Waals surface area contributed by atoms with Crippen molar-refractivity contribution >= 4 is 27.3 Å². The Kier molecular flexibility index (Phi) is 8.22. The molecule has 1 N–H and O–H groups in total. The second-order valence-corrected chi connectivity index (χ2v) is 12.7. The zero-order valence-corrected chi connectivity index (χ0v) is 21.1. The van der Waals surface area contributed by atoms with E-state index in [1.807, 2.05) is 13.0 Å². The second kappa shape index (κ2) is 11.1. The molecule has 0 saturated carbocycles. The summed E-state index contributed by atoms with van der Waals surface area (Å²) in [4.78, 5) is 16.3. The lowest BCUT2D eigenvalue weighted by Gasteiger charge is -2.30. The number of amides is 1. The minimum atomic E-state index is -3.53. The van der Waals surface area contributed by atoms with Crippen LogP contribution in [0.4, 0.5) is 0 Å². The fraction of sp³-hybridized carbons (Fsp3) is 0.560. The number of likely N-dealkylation sites (tertiary alicyclic amines) is 1. The van der Waals surface area contributed by atoms with E-state index < -0.39 is 10.0 Å². The predicted molar refractivity (Wildman–Crippen MR) is 133 cm³/mol. The molecule has 2 aliphatic rings. The molecule has 2 fully saturated rings. The Morgan fingerprint density at radius 3 is 2.33 bits per heavy atom. The third kappa shape index (κ3) is 6.44. The Bertz CT molecular complexity index is 1030. The molecule has 0 radical (unpaired) electrons. The minimum absolute atomic E-state index is 0.0640. The smallest absolute Gasteiger partial charge is 0.252 e. The van der Waals surface area contributed by atoms with Crippen molar-refractivity contribution in [1.82, 2.24) is 14.5 Å². The van der Waals surface area contributed by atoms with Gasteiger partial charge < -0.3 is 5.32 Å². The summed E-state index contributed by atoms with van der Waals surface area (Å²) in [6.07, 6.45) is 6.68. The quantitative estimate of drug-likeness (QED) is 0.634. The molecule has 0 aliphatic carbocycles. The van der Waals surface area contributed by atoms with Crippen LogP contribution in [0, 0.1) is 12.8 Å². The molecule has 180 valence electrons. The normalized spacial score (nSPS) is 20.9. The van der Waals surface area contributed by atoms with Crippen LogP contribution in [-0.4, -0.2) is 49.7 Å². The first-order valence-electron chi connectivity index (χ1n) is 12.1. The van der Waals surface area contributed by atoms with Gasteiger partial charge in [0.25, 0.3) is 10.0 Å². The molecule has 1 aromatic carbocycles. The highest BCUT2D eigenvalue weighted by molar-refractivity contribution is 7.91. The zero-order chi connectivity index (χ0) is 23.3. The predicted octanol–water partition coefficient (Wildman–Crippen LogP) is 4.15. The highest BCUT2D eigenvalue weighted by Gasteiger charge is 2.33. The Hall–Kier alpha value is -1.74. The molecule has 2 aliphatic heterocycles. The molecule has 3 heterocycles. The summed E-state index contributed by atoms with van der Waals surface area (Å²) in [7, 11) is -3.53. The van der Waals surface area contributed by atoms with Crippen molar-refractivity contribution in [3.63, 3.8) is 0 Å². The van der Waals surface area contributed by atoms with E-state index >= 15 is 0 Å². The lowest BCUT2D eigenvalue weighted by Crippen LogP contribution is -2.45. The van der Waals surface area contributed by atoms with Gasteiger partial charge in [-0.3, -0.25) is 9.69 Å². The maximum atomic E-state index is 12.9. The molecule has 4 rings (SSSR count). The summed E-state index contributed by atoms with van der Waals surface area (Å²) >= 11 is 1.29. The third-order valence-electron chi connectivity index (χ3n) is 6.66. The van der Waals surface area contributed by atoms with Gasteiger partial charge in [0, 0.05) is 31.1 Å². The van der Waals surface area contributed by atoms with Crippen LogP contribution < -0.4 is 5.32 Å². The minimum Gasteiger partial charge on any atom is -0.352 e. The van der Waals surface area contributed by atoms with Crippen LogP contribution in [0.3, 0.4) is 0 Å². The van der Waals surface area contributed by atoms with Gasteiger partial charge in [0.1, 0.15) is 4.21 Å². The van der Waals surface area contributed by atoms with Gasteiger partial charge in [-0.05, 0) is 69.0 Å². The van der Waals surface area contributed by atoms with E-state index in [4.69, 9.17) is 0 Å². The van der Waals surface area contributed by atoms with Gasteiger partial charge in [-0.25, -0.2) is 8.42 Å². The number of carbonyl (C=O) groups is 1. The van der Waals surface area contributed by atoms with Gasteiger partial charge in [0.2, 0.25) is 5.91 Å². The largest absolute Gasteiger partial charge is 0.352 e. The van der Waals surface area contributed by atoms with Gasteiger partial charge in [-0.2, -0.15) is 4.31 Å². The van der Waals surface area contributed by atoms with Crippen LogP contribution in [0.1, 0.15) is 54.5 Å². The molecule has 1 atom stereocenters. The molecule has 6 nitrogen and oxygen atoms in total. The van der Waals surface area contributed by atoms with E-state index in [0.29, 0.717) is 23.7 Å². The maximum absolute atomic E-state index is 12.9. The van der Waals surface area contributed by atoms with Crippen LogP contribution in [-0.2, 0) is 27.9 Å². The molecular weight excluding hydrogens is 454 g/mol. The van der Waals surface area contributed by atoms with Crippen LogP contribution in [0.15, 0.2) is 40.6 Å². The maximum Gasteiger partial charge on any atom is 0.252 e. The molecule has 1 unspecified atom stereocenters. The van der Waals surface area contributed by atoms with Gasteiger partial charge in [-0.15, -0.1) is 11.3 Å². The van der Waals surface area contributed by atoms with Crippen LogP contribution in [0.5, 0.6) is 0 Å². The van der Waals surface area contributed by atoms with Gasteiger partial charge in [0.15, 0.2) is 0 Å². The van der Waals surface area contributed by atoms with E-state index in [1.165, 1.54) is 60.0 Å². The number of nitrogens with one attached hydrogen (secondary N) is 1. The first-order valence-corrected chi connectivity index (χ1v) is 14.3. The van der Waals surface area contributed by atoms with Crippen LogP contribution >= 0.6 is 11.3 Å². The van der Waals surface area contributed by atoms with Crippen molar-refractivity contribution in [3.8, 4) is 0 Å². The third-order valence-corrected chi connectivity index (χ3v) is 9.99. The standard InChI is InChI=1S/C25H35N3O3S2/c1-20-8-13-24(32-20)33(30,31)28-16-6-7-23(19-28)25(29)26-17-21-9-11-22(12-10-21)18-27-14-4-2-3-5-15-27/h8-13,23H,2-7,14-19H2,1H3,(H,26,29). The highest BCUT2D eigenvalue weighted by atomic mass is 32.2. The molecule has 0 spiro atoms. The van der Waals surface area contributed by atoms with E-state index in [1.54, 1.807) is 6.07 Å². The number of hydrogen-bond acceptors (Lipinski definition) is 5. The summed E-state index contributed by atoms with van der Waals surface area (Å²) in [5.41, 5.74) is 2.38. The van der Waals surface area contributed by atoms with Crippen LogP contribution in [0.2, 0.25) is 0 Å². The fourth-order valence-electron chi connectivity index (χ4n) is 4.70. The summed E-state index contributed by atoms with van der Waals surface area (Å²) < 4.78 is 27.7. The molecule has 8 heteroatoms. The van der Waals surface area contributed by atoms with Crippen molar-refractivity contribution in [2.75, 3.05) is 26.2 Å². The van der Waals surface area contributed by atoms with Gasteiger partial charge in [-0.1, -0.05) is 37.1 Å². The first kappa shape index (κ1) is 24.4. The summed E-state index contributed by atoms with van der Waals surface area (Å²) in [5.74, 6) is -0.372. The Labute approximate surface area is 202 Å². The number of hydrogen-bond donors (Lipinski definition) is 1. The topological polar surface area (TPSA) is 69.7 Å². The number of aryl methyl sites for hydroxylation is 1. The Morgan fingerprint density at radius 2 is 1.67 bits per heavy atom. The van der Waals surface area contributed by atoms with Crippen molar-refractivity contribution < 1.29 is 13.2 Å². The van der Waals surface area contributed by atoms with E-state index in [2.05, 4.69) is 34.5 Å². The SMILES string of the molecule is Cc1ccc(S(=O)(=O)N2CCCC(C(=O)NCc3ccc(CN4CCCCCC4)cc3)C2)s1. The number of thiophene rings is 1. The number of piperidine rings is 1. The zero-order valence-electron chi connectivity index (χ0n) is 19.5. The van der Waals surface area contributed by atoms with E-state index in [-0.39, 0.29) is 18.4 Å². The van der Waals surface area contributed by atoms with Crippen molar-refractivity contribution in [2.24, 2.45) is 5.92 Å². The second-order valence-electron chi connectivity index (χ2n) is 9.29. The molecule has 2 aromatic rings. The van der Waals surface area contributed by atoms with E-state index in [0.717, 1.165) is 23.4 Å². The molecule has 33 heavy (non-hydrogen) atoms. The number of carbonyl (C=O) groups excluding carboxylic acids is 1. The fourth-order valence-corrected chi connectivity index (χ4v) is 7.66. The number of sulfonamides is 1. The Balaban J connectivity index is 1.28. The molecule has 1 aromatic heterocycles. The molecule has 2 saturated heterocycles. The van der Waals surface area contributed by atoms with E-state index in [9.17, 15) is 13.2 Å². The van der Waals surface area contributed by atoms with Gasteiger partial charge in [0.05, 0.1) is 5.92 Å². The van der Waals surface area contributed by atoms with Crippen molar-refractivity contribution in [3.05, 3.63) is 52.4 Å². The highest BCUT2D eigenvalue weighted by Crippen LogP contribution is 2.28. The van der Waals surface area contributed by atoms with Gasteiger partial charge >= 0.3 is 0 Å². The van der Waals surface area contributed by atoms with Crippen LogP contribution in [0.25, 0.3) is 0 Å². The molecule has 0 bridgehead atoms. The number of benzene rings is 1. The molecular formula is C25H35N3O3S2. The first-order chi connectivity index (χ1) is 15.9. The Morgan fingerprint density at radius 1 is 0.970 bits per heavy atom. The monoisotopic (exact) mass is 489 g/mol. The number of rotatable bonds is 7. The summed E-state index contributed by atoms with van der Waals surface area (Å²) in [5, 5.41) is 3.03.